The third kappa shape index (κ3) is 2.57. The number of nitrogens with two attached hydrogens (primary N) is 1. The summed E-state index contributed by atoms with van der Waals surface area (Å²) in [7, 11) is 0. The minimum atomic E-state index is -0.939. The van der Waals surface area contributed by atoms with Gasteiger partial charge in [-0.25, -0.2) is 4.79 Å². The Morgan fingerprint density at radius 1 is 1.35 bits per heavy atom. The zero-order chi connectivity index (χ0) is 12.3. The van der Waals surface area contributed by atoms with E-state index < -0.39 is 5.97 Å². The predicted octanol–water partition coefficient (Wildman–Crippen LogP) is 2.61. The average molecular weight is 249 g/mol. The molecule has 0 bridgehead atoms. The topological polar surface area (TPSA) is 72.5 Å². The van der Waals surface area contributed by atoms with Crippen molar-refractivity contribution in [2.24, 2.45) is 0 Å². The summed E-state index contributed by atoms with van der Waals surface area (Å²) in [5, 5.41) is 12.3. The van der Waals surface area contributed by atoms with Crippen molar-refractivity contribution in [1.29, 1.82) is 0 Å². The molecule has 0 radical (unpaired) electrons. The Balaban J connectivity index is 2.10. The molecule has 0 aliphatic heterocycles. The Kier molecular flexibility index (Phi) is 3.30. The van der Waals surface area contributed by atoms with Gasteiger partial charge in [0.1, 0.15) is 12.4 Å². The van der Waals surface area contributed by atoms with Crippen LogP contribution in [-0.2, 0) is 6.61 Å². The first-order chi connectivity index (χ1) is 8.18. The van der Waals surface area contributed by atoms with Crippen LogP contribution in [0.25, 0.3) is 0 Å². The van der Waals surface area contributed by atoms with E-state index in [-0.39, 0.29) is 12.2 Å². The smallest absolute Gasteiger partial charge is 0.336 e. The van der Waals surface area contributed by atoms with Gasteiger partial charge in [0.15, 0.2) is 0 Å². The van der Waals surface area contributed by atoms with Crippen molar-refractivity contribution in [2.45, 2.75) is 6.61 Å². The van der Waals surface area contributed by atoms with E-state index >= 15 is 0 Å². The van der Waals surface area contributed by atoms with Crippen molar-refractivity contribution < 1.29 is 14.6 Å². The molecule has 0 aliphatic rings. The van der Waals surface area contributed by atoms with Crippen molar-refractivity contribution in [2.75, 3.05) is 5.73 Å². The van der Waals surface area contributed by atoms with Crippen molar-refractivity contribution in [3.05, 3.63) is 46.2 Å². The third-order valence-corrected chi connectivity index (χ3v) is 3.07. The fraction of sp³-hybridized carbons (Fsp3) is 0.0833. The summed E-state index contributed by atoms with van der Waals surface area (Å²) in [4.78, 5) is 10.9. The highest BCUT2D eigenvalue weighted by atomic mass is 32.1. The summed E-state index contributed by atoms with van der Waals surface area (Å²) in [6.45, 7) is 0.208. The van der Waals surface area contributed by atoms with Gasteiger partial charge in [-0.1, -0.05) is 12.1 Å². The molecule has 0 aliphatic carbocycles. The van der Waals surface area contributed by atoms with Gasteiger partial charge in [-0.15, -0.1) is 0 Å². The highest BCUT2D eigenvalue weighted by Gasteiger charge is 2.11. The molecule has 17 heavy (non-hydrogen) atoms. The van der Waals surface area contributed by atoms with E-state index in [1.807, 2.05) is 12.1 Å². The zero-order valence-corrected chi connectivity index (χ0v) is 9.74. The van der Waals surface area contributed by atoms with E-state index in [0.29, 0.717) is 17.0 Å². The second kappa shape index (κ2) is 4.88. The van der Waals surface area contributed by atoms with Crippen LogP contribution in [-0.4, -0.2) is 11.1 Å². The lowest BCUT2D eigenvalue weighted by Gasteiger charge is -2.08. The Morgan fingerprint density at radius 3 is 2.82 bits per heavy atom. The van der Waals surface area contributed by atoms with E-state index in [0.717, 1.165) is 0 Å². The van der Waals surface area contributed by atoms with Gasteiger partial charge in [0.2, 0.25) is 0 Å². The molecule has 0 amide bonds. The van der Waals surface area contributed by atoms with Crippen LogP contribution in [0.15, 0.2) is 35.0 Å². The van der Waals surface area contributed by atoms with Crippen LogP contribution in [0.3, 0.4) is 0 Å². The first-order valence-corrected chi connectivity index (χ1v) is 5.88. The summed E-state index contributed by atoms with van der Waals surface area (Å²) in [6.07, 6.45) is 0. The molecule has 0 unspecified atom stereocenters. The number of carboxylic acid groups (broad SMARTS) is 1. The second-order valence-electron chi connectivity index (χ2n) is 3.44. The van der Waals surface area contributed by atoms with Gasteiger partial charge in [0, 0.05) is 10.9 Å². The molecular weight excluding hydrogens is 238 g/mol. The average Bonchev–Trinajstić information content (AvgIpc) is 2.76. The summed E-state index contributed by atoms with van der Waals surface area (Å²) in [5.41, 5.74) is 7.20. The lowest BCUT2D eigenvalue weighted by molar-refractivity contribution is 0.0694. The maximum Gasteiger partial charge on any atom is 0.336 e. The summed E-state index contributed by atoms with van der Waals surface area (Å²) in [6, 6.07) is 7.12. The van der Waals surface area contributed by atoms with Gasteiger partial charge in [0.05, 0.1) is 11.3 Å². The van der Waals surface area contributed by atoms with Gasteiger partial charge in [-0.05, 0) is 17.5 Å². The van der Waals surface area contributed by atoms with Crippen LogP contribution in [0.2, 0.25) is 0 Å². The van der Waals surface area contributed by atoms with E-state index in [1.165, 1.54) is 11.3 Å². The monoisotopic (exact) mass is 249 g/mol. The minimum Gasteiger partial charge on any atom is -0.487 e. The molecular formula is C12H11NO3S. The quantitative estimate of drug-likeness (QED) is 0.817. The van der Waals surface area contributed by atoms with Crippen LogP contribution in [0.5, 0.6) is 5.75 Å². The fourth-order valence-electron chi connectivity index (χ4n) is 1.39. The van der Waals surface area contributed by atoms with Crippen LogP contribution in [0.4, 0.5) is 5.69 Å². The summed E-state index contributed by atoms with van der Waals surface area (Å²) in [5.74, 6) is -0.374. The molecule has 5 heteroatoms. The van der Waals surface area contributed by atoms with Gasteiger partial charge in [-0.3, -0.25) is 0 Å². The molecule has 1 aromatic carbocycles. The number of rotatable bonds is 4. The molecule has 3 N–H and O–H groups in total. The number of thiophene rings is 1. The molecule has 0 spiro atoms. The molecule has 2 rings (SSSR count). The normalized spacial score (nSPS) is 10.1. The van der Waals surface area contributed by atoms with Crippen LogP contribution in [0, 0.1) is 0 Å². The number of aromatic carboxylic acids is 1. The Labute approximate surface area is 102 Å². The largest absolute Gasteiger partial charge is 0.487 e. The lowest BCUT2D eigenvalue weighted by Crippen LogP contribution is -2.03. The number of anilines is 1. The van der Waals surface area contributed by atoms with Gasteiger partial charge in [-0.2, -0.15) is 11.3 Å². The Bertz CT molecular complexity index is 536. The standard InChI is InChI=1S/C12H11NO3S/c13-10-3-1-2-4-11(10)16-5-8-6-17-7-9(8)12(14)15/h1-4,6-7H,5,13H2,(H,14,15). The summed E-state index contributed by atoms with van der Waals surface area (Å²) >= 11 is 1.34. The third-order valence-electron chi connectivity index (χ3n) is 2.27. The predicted molar refractivity (Wildman–Crippen MR) is 66.5 cm³/mol. The van der Waals surface area contributed by atoms with E-state index in [2.05, 4.69) is 0 Å². The fourth-order valence-corrected chi connectivity index (χ4v) is 2.21. The van der Waals surface area contributed by atoms with Crippen molar-refractivity contribution in [3.63, 3.8) is 0 Å². The number of carbonyl (C=O) groups is 1. The van der Waals surface area contributed by atoms with E-state index in [9.17, 15) is 4.79 Å². The lowest BCUT2D eigenvalue weighted by atomic mass is 10.2. The molecule has 0 atom stereocenters. The number of ether oxygens (including phenoxy) is 1. The van der Waals surface area contributed by atoms with E-state index in [4.69, 9.17) is 15.6 Å². The first-order valence-electron chi connectivity index (χ1n) is 4.94. The minimum absolute atomic E-state index is 0.208. The van der Waals surface area contributed by atoms with Gasteiger partial charge >= 0.3 is 5.97 Å². The Morgan fingerprint density at radius 2 is 2.12 bits per heavy atom. The van der Waals surface area contributed by atoms with Gasteiger partial charge in [0.25, 0.3) is 0 Å². The molecule has 0 saturated heterocycles. The molecule has 1 heterocycles. The van der Waals surface area contributed by atoms with Crippen molar-refractivity contribution >= 4 is 23.0 Å². The van der Waals surface area contributed by atoms with Crippen LogP contribution in [0.1, 0.15) is 15.9 Å². The molecule has 0 fully saturated rings. The number of benzene rings is 1. The highest BCUT2D eigenvalue weighted by Crippen LogP contribution is 2.23. The number of carboxylic acids is 1. The van der Waals surface area contributed by atoms with Crippen LogP contribution < -0.4 is 10.5 Å². The Hall–Kier alpha value is -2.01. The van der Waals surface area contributed by atoms with Crippen molar-refractivity contribution in [3.8, 4) is 5.75 Å². The number of hydrogen-bond donors (Lipinski definition) is 2. The second-order valence-corrected chi connectivity index (χ2v) is 4.19. The SMILES string of the molecule is Nc1ccccc1OCc1cscc1C(=O)O. The van der Waals surface area contributed by atoms with Crippen LogP contribution >= 0.6 is 11.3 Å². The van der Waals surface area contributed by atoms with E-state index in [1.54, 1.807) is 22.9 Å². The summed E-state index contributed by atoms with van der Waals surface area (Å²) < 4.78 is 5.49. The molecule has 2 aromatic rings. The molecule has 0 saturated carbocycles. The molecule has 4 nitrogen and oxygen atoms in total. The van der Waals surface area contributed by atoms with Crippen molar-refractivity contribution in [1.82, 2.24) is 0 Å². The number of para-hydroxylation sites is 2. The molecule has 1 aromatic heterocycles. The number of hydrogen-bond acceptors (Lipinski definition) is 4. The highest BCUT2D eigenvalue weighted by molar-refractivity contribution is 7.08. The zero-order valence-electron chi connectivity index (χ0n) is 8.92. The number of nitrogen functional groups attached to an aromatic ring is 1. The maximum absolute atomic E-state index is 10.9. The van der Waals surface area contributed by atoms with Gasteiger partial charge < -0.3 is 15.6 Å². The first kappa shape index (κ1) is 11.5. The molecule has 88 valence electrons. The maximum atomic E-state index is 10.9.